The Morgan fingerprint density at radius 1 is 1.24 bits per heavy atom. The first-order valence-corrected chi connectivity index (χ1v) is 6.51. The molecule has 0 saturated carbocycles. The first kappa shape index (κ1) is 14.8. The van der Waals surface area contributed by atoms with Crippen LogP contribution < -0.4 is 11.1 Å². The lowest BCUT2D eigenvalue weighted by atomic mass is 10.1. The molecule has 0 aliphatic carbocycles. The number of carboxylic acids is 1. The van der Waals surface area contributed by atoms with E-state index in [9.17, 15) is 9.18 Å². The van der Waals surface area contributed by atoms with Gasteiger partial charge in [-0.15, -0.1) is 0 Å². The zero-order valence-electron chi connectivity index (χ0n) is 11.9. The highest BCUT2D eigenvalue weighted by atomic mass is 19.1. The van der Waals surface area contributed by atoms with E-state index >= 15 is 0 Å². The molecule has 0 aromatic heterocycles. The average molecular weight is 288 g/mol. The highest BCUT2D eigenvalue weighted by Crippen LogP contribution is 2.20. The minimum Gasteiger partial charge on any atom is -0.478 e. The van der Waals surface area contributed by atoms with Gasteiger partial charge in [-0.3, -0.25) is 0 Å². The standard InChI is InChI=1S/C16H17FN2O2/c1-9-5-11(6-10(2)15(9)17)8-19-12-3-4-13(16(20)21)14(18)7-12/h3-7,19H,8,18H2,1-2H3,(H,20,21). The first-order chi connectivity index (χ1) is 9.88. The predicted octanol–water partition coefficient (Wildman–Crippen LogP) is 3.34. The first-order valence-electron chi connectivity index (χ1n) is 6.51. The van der Waals surface area contributed by atoms with Gasteiger partial charge in [-0.25, -0.2) is 9.18 Å². The van der Waals surface area contributed by atoms with E-state index < -0.39 is 5.97 Å². The van der Waals surface area contributed by atoms with E-state index in [2.05, 4.69) is 5.32 Å². The summed E-state index contributed by atoms with van der Waals surface area (Å²) in [7, 11) is 0. The number of halogens is 1. The number of aromatic carboxylic acids is 1. The molecule has 0 saturated heterocycles. The lowest BCUT2D eigenvalue weighted by Crippen LogP contribution is -2.05. The molecule has 0 fully saturated rings. The number of rotatable bonds is 4. The van der Waals surface area contributed by atoms with Gasteiger partial charge in [0.2, 0.25) is 0 Å². The molecule has 0 aliphatic rings. The summed E-state index contributed by atoms with van der Waals surface area (Å²) in [5.41, 5.74) is 8.85. The smallest absolute Gasteiger partial charge is 0.337 e. The van der Waals surface area contributed by atoms with Gasteiger partial charge in [0.15, 0.2) is 0 Å². The maximum atomic E-state index is 13.6. The number of carbonyl (C=O) groups is 1. The summed E-state index contributed by atoms with van der Waals surface area (Å²) in [5.74, 6) is -1.24. The topological polar surface area (TPSA) is 75.3 Å². The molecular weight excluding hydrogens is 271 g/mol. The Kier molecular flexibility index (Phi) is 4.12. The Labute approximate surface area is 122 Å². The van der Waals surface area contributed by atoms with Crippen molar-refractivity contribution in [3.63, 3.8) is 0 Å². The Balaban J connectivity index is 2.13. The van der Waals surface area contributed by atoms with Crippen LogP contribution in [0.5, 0.6) is 0 Å². The van der Waals surface area contributed by atoms with Crippen molar-refractivity contribution < 1.29 is 14.3 Å². The highest BCUT2D eigenvalue weighted by Gasteiger charge is 2.08. The van der Waals surface area contributed by atoms with E-state index in [-0.39, 0.29) is 17.1 Å². The summed E-state index contributed by atoms with van der Waals surface area (Å²) in [6, 6.07) is 8.26. The third-order valence-electron chi connectivity index (χ3n) is 3.27. The van der Waals surface area contributed by atoms with Crippen LogP contribution in [0.3, 0.4) is 0 Å². The maximum Gasteiger partial charge on any atom is 0.337 e. The molecule has 0 spiro atoms. The summed E-state index contributed by atoms with van der Waals surface area (Å²) >= 11 is 0. The summed E-state index contributed by atoms with van der Waals surface area (Å²) in [4.78, 5) is 10.9. The molecular formula is C16H17FN2O2. The molecule has 21 heavy (non-hydrogen) atoms. The van der Waals surface area contributed by atoms with E-state index in [4.69, 9.17) is 10.8 Å². The van der Waals surface area contributed by atoms with Crippen LogP contribution in [-0.2, 0) is 6.54 Å². The van der Waals surface area contributed by atoms with Gasteiger partial charge in [-0.1, -0.05) is 12.1 Å². The lowest BCUT2D eigenvalue weighted by Gasteiger charge is -2.11. The molecule has 2 aromatic rings. The third-order valence-corrected chi connectivity index (χ3v) is 3.27. The minimum absolute atomic E-state index is 0.0778. The van der Waals surface area contributed by atoms with Gasteiger partial charge >= 0.3 is 5.97 Å². The van der Waals surface area contributed by atoms with Crippen LogP contribution in [0.2, 0.25) is 0 Å². The van der Waals surface area contributed by atoms with E-state index in [0.29, 0.717) is 17.7 Å². The lowest BCUT2D eigenvalue weighted by molar-refractivity contribution is 0.0698. The van der Waals surface area contributed by atoms with E-state index in [1.807, 2.05) is 0 Å². The van der Waals surface area contributed by atoms with Crippen LogP contribution in [0.4, 0.5) is 15.8 Å². The number of benzene rings is 2. The average Bonchev–Trinajstić information content (AvgIpc) is 2.42. The quantitative estimate of drug-likeness (QED) is 0.754. The Hall–Kier alpha value is -2.56. The van der Waals surface area contributed by atoms with Crippen LogP contribution in [0.25, 0.3) is 0 Å². The molecule has 2 rings (SSSR count). The van der Waals surface area contributed by atoms with E-state index in [0.717, 1.165) is 11.3 Å². The van der Waals surface area contributed by atoms with Crippen molar-refractivity contribution in [2.75, 3.05) is 11.1 Å². The summed E-state index contributed by atoms with van der Waals surface area (Å²) in [6.07, 6.45) is 0. The molecule has 0 aliphatic heterocycles. The van der Waals surface area contributed by atoms with Gasteiger partial charge in [0.1, 0.15) is 5.82 Å². The van der Waals surface area contributed by atoms with Crippen molar-refractivity contribution in [3.05, 3.63) is 58.4 Å². The van der Waals surface area contributed by atoms with Crippen molar-refractivity contribution in [2.45, 2.75) is 20.4 Å². The molecule has 0 heterocycles. The summed E-state index contributed by atoms with van der Waals surface area (Å²) < 4.78 is 13.6. The molecule has 4 nitrogen and oxygen atoms in total. The molecule has 0 amide bonds. The Bertz CT molecular complexity index is 676. The van der Waals surface area contributed by atoms with Crippen molar-refractivity contribution >= 4 is 17.3 Å². The number of hydrogen-bond donors (Lipinski definition) is 3. The molecule has 2 aromatic carbocycles. The monoisotopic (exact) mass is 288 g/mol. The van der Waals surface area contributed by atoms with Crippen LogP contribution >= 0.6 is 0 Å². The van der Waals surface area contributed by atoms with E-state index in [1.54, 1.807) is 38.1 Å². The molecule has 5 heteroatoms. The van der Waals surface area contributed by atoms with Crippen LogP contribution in [0.1, 0.15) is 27.0 Å². The predicted molar refractivity (Wildman–Crippen MR) is 81.0 cm³/mol. The zero-order chi connectivity index (χ0) is 15.6. The van der Waals surface area contributed by atoms with Crippen molar-refractivity contribution in [2.24, 2.45) is 0 Å². The molecule has 0 radical (unpaired) electrons. The fraction of sp³-hybridized carbons (Fsp3) is 0.188. The minimum atomic E-state index is -1.05. The molecule has 4 N–H and O–H groups in total. The van der Waals surface area contributed by atoms with Crippen LogP contribution in [-0.4, -0.2) is 11.1 Å². The van der Waals surface area contributed by atoms with Crippen LogP contribution in [0.15, 0.2) is 30.3 Å². The fourth-order valence-electron chi connectivity index (χ4n) is 2.21. The fourth-order valence-corrected chi connectivity index (χ4v) is 2.21. The molecule has 0 bridgehead atoms. The number of aryl methyl sites for hydroxylation is 2. The maximum absolute atomic E-state index is 13.6. The van der Waals surface area contributed by atoms with Crippen molar-refractivity contribution in [3.8, 4) is 0 Å². The number of nitrogens with one attached hydrogen (secondary N) is 1. The Morgan fingerprint density at radius 2 is 1.86 bits per heavy atom. The van der Waals surface area contributed by atoms with Crippen LogP contribution in [0, 0.1) is 19.7 Å². The van der Waals surface area contributed by atoms with Gasteiger partial charge in [0, 0.05) is 17.9 Å². The number of hydrogen-bond acceptors (Lipinski definition) is 3. The highest BCUT2D eigenvalue weighted by molar-refractivity contribution is 5.94. The SMILES string of the molecule is Cc1cc(CNc2ccc(C(=O)O)c(N)c2)cc(C)c1F. The second-order valence-electron chi connectivity index (χ2n) is 5.00. The largest absolute Gasteiger partial charge is 0.478 e. The second kappa shape index (κ2) is 5.83. The van der Waals surface area contributed by atoms with Gasteiger partial charge < -0.3 is 16.2 Å². The number of nitrogen functional groups attached to an aromatic ring is 1. The van der Waals surface area contributed by atoms with Gasteiger partial charge in [-0.2, -0.15) is 0 Å². The number of carboxylic acid groups (broad SMARTS) is 1. The molecule has 0 atom stereocenters. The van der Waals surface area contributed by atoms with E-state index in [1.165, 1.54) is 6.07 Å². The Morgan fingerprint density at radius 3 is 2.38 bits per heavy atom. The normalized spacial score (nSPS) is 10.4. The second-order valence-corrected chi connectivity index (χ2v) is 5.00. The zero-order valence-corrected chi connectivity index (χ0v) is 11.9. The molecule has 0 unspecified atom stereocenters. The van der Waals surface area contributed by atoms with Gasteiger partial charge in [-0.05, 0) is 48.7 Å². The van der Waals surface area contributed by atoms with Gasteiger partial charge in [0.05, 0.1) is 5.56 Å². The molecule has 110 valence electrons. The van der Waals surface area contributed by atoms with Gasteiger partial charge in [0.25, 0.3) is 0 Å². The summed E-state index contributed by atoms with van der Waals surface area (Å²) in [5, 5.41) is 12.1. The number of nitrogens with two attached hydrogens (primary N) is 1. The summed E-state index contributed by atoms with van der Waals surface area (Å²) in [6.45, 7) is 3.96. The van der Waals surface area contributed by atoms with Crippen molar-refractivity contribution in [1.82, 2.24) is 0 Å². The third kappa shape index (κ3) is 3.31. The van der Waals surface area contributed by atoms with Crippen molar-refractivity contribution in [1.29, 1.82) is 0 Å². The number of anilines is 2.